The van der Waals surface area contributed by atoms with Crippen LogP contribution >= 0.6 is 0 Å². The van der Waals surface area contributed by atoms with Crippen LogP contribution in [0.2, 0.25) is 0 Å². The number of anilines is 1. The van der Waals surface area contributed by atoms with Crippen molar-refractivity contribution in [2.75, 3.05) is 19.0 Å². The molecule has 1 saturated heterocycles. The third-order valence-electron chi connectivity index (χ3n) is 4.80. The van der Waals surface area contributed by atoms with E-state index in [1.54, 1.807) is 7.11 Å². The molecule has 2 aromatic heterocycles. The second-order valence-corrected chi connectivity index (χ2v) is 6.93. The number of carbonyl (C=O) groups is 1. The predicted molar refractivity (Wildman–Crippen MR) is 101 cm³/mol. The summed E-state index contributed by atoms with van der Waals surface area (Å²) < 4.78 is 13.0. The third-order valence-corrected chi connectivity index (χ3v) is 4.80. The van der Waals surface area contributed by atoms with Crippen LogP contribution in [0.15, 0.2) is 24.4 Å². The third kappa shape index (κ3) is 3.28. The fraction of sp³-hybridized carbons (Fsp3) is 0.421. The van der Waals surface area contributed by atoms with Gasteiger partial charge in [-0.3, -0.25) is 15.2 Å². The lowest BCUT2D eigenvalue weighted by molar-refractivity contribution is 0.102. The largest absolute Gasteiger partial charge is 0.497 e. The predicted octanol–water partition coefficient (Wildman–Crippen LogP) is 3.45. The number of hydrogen-bond acceptors (Lipinski definition) is 5. The highest BCUT2D eigenvalue weighted by Crippen LogP contribution is 2.29. The van der Waals surface area contributed by atoms with Crippen molar-refractivity contribution >= 4 is 22.8 Å². The normalized spacial score (nSPS) is 17.0. The number of benzene rings is 1. The van der Waals surface area contributed by atoms with E-state index in [0.29, 0.717) is 17.1 Å². The highest BCUT2D eigenvalue weighted by Gasteiger charge is 2.23. The first-order valence-electron chi connectivity index (χ1n) is 9.10. The van der Waals surface area contributed by atoms with Crippen molar-refractivity contribution in [3.63, 3.8) is 0 Å². The minimum absolute atomic E-state index is 0.0738. The van der Waals surface area contributed by atoms with E-state index in [0.717, 1.165) is 30.4 Å². The molecular weight excluding hydrogens is 346 g/mol. The van der Waals surface area contributed by atoms with E-state index in [4.69, 9.17) is 9.47 Å². The Balaban J connectivity index is 1.64. The van der Waals surface area contributed by atoms with Crippen LogP contribution in [0.3, 0.4) is 0 Å². The molecule has 0 radical (unpaired) electrons. The number of rotatable bonds is 5. The molecule has 0 spiro atoms. The van der Waals surface area contributed by atoms with Crippen molar-refractivity contribution < 1.29 is 14.3 Å². The zero-order valence-electron chi connectivity index (χ0n) is 15.7. The van der Waals surface area contributed by atoms with Gasteiger partial charge in [0.1, 0.15) is 11.9 Å². The van der Waals surface area contributed by atoms with Crippen LogP contribution in [0.5, 0.6) is 5.75 Å². The van der Waals surface area contributed by atoms with Gasteiger partial charge in [0, 0.05) is 29.7 Å². The van der Waals surface area contributed by atoms with Crippen LogP contribution in [0, 0.1) is 0 Å². The number of carbonyl (C=O) groups excluding carboxylic acids is 1. The number of fused-ring (bicyclic) bond motifs is 1. The minimum atomic E-state index is -0.259. The summed E-state index contributed by atoms with van der Waals surface area (Å²) in [4.78, 5) is 17.3. The summed E-state index contributed by atoms with van der Waals surface area (Å²) in [5, 5.41) is 10.6. The van der Waals surface area contributed by atoms with Crippen molar-refractivity contribution in [1.82, 2.24) is 19.7 Å². The lowest BCUT2D eigenvalue weighted by Crippen LogP contribution is -2.13. The van der Waals surface area contributed by atoms with Gasteiger partial charge in [-0.05, 0) is 44.9 Å². The average molecular weight is 369 g/mol. The lowest BCUT2D eigenvalue weighted by Gasteiger charge is -2.09. The summed E-state index contributed by atoms with van der Waals surface area (Å²) in [6.45, 7) is 4.88. The van der Waals surface area contributed by atoms with Gasteiger partial charge in [0.2, 0.25) is 5.95 Å². The highest BCUT2D eigenvalue weighted by molar-refractivity contribution is 6.12. The molecule has 142 valence electrons. The Hall–Kier alpha value is -2.87. The van der Waals surface area contributed by atoms with E-state index in [-0.39, 0.29) is 24.0 Å². The van der Waals surface area contributed by atoms with Crippen LogP contribution in [0.1, 0.15) is 55.0 Å². The number of nitrogens with one attached hydrogen (secondary N) is 2. The first-order valence-corrected chi connectivity index (χ1v) is 9.10. The van der Waals surface area contributed by atoms with Gasteiger partial charge in [-0.15, -0.1) is 5.10 Å². The lowest BCUT2D eigenvalue weighted by atomic mass is 10.1. The number of nitrogens with zero attached hydrogens (tertiary/aromatic N) is 3. The van der Waals surface area contributed by atoms with Gasteiger partial charge in [0.25, 0.3) is 5.91 Å². The number of ether oxygens (including phenoxy) is 2. The van der Waals surface area contributed by atoms with Gasteiger partial charge >= 0.3 is 0 Å². The molecule has 4 rings (SSSR count). The van der Waals surface area contributed by atoms with Crippen molar-refractivity contribution in [2.45, 2.75) is 38.8 Å². The Morgan fingerprint density at radius 2 is 2.30 bits per heavy atom. The Bertz CT molecular complexity index is 969. The quantitative estimate of drug-likeness (QED) is 0.718. The molecule has 1 aromatic carbocycles. The van der Waals surface area contributed by atoms with Gasteiger partial charge in [-0.25, -0.2) is 0 Å². The zero-order chi connectivity index (χ0) is 19.0. The van der Waals surface area contributed by atoms with Crippen LogP contribution in [0.25, 0.3) is 10.9 Å². The molecule has 1 atom stereocenters. The molecule has 1 aliphatic heterocycles. The first kappa shape index (κ1) is 17.5. The van der Waals surface area contributed by atoms with Crippen LogP contribution in [0.4, 0.5) is 5.95 Å². The Morgan fingerprint density at radius 3 is 3.00 bits per heavy atom. The molecule has 3 aromatic rings. The van der Waals surface area contributed by atoms with Gasteiger partial charge in [0.05, 0.1) is 12.7 Å². The maximum Gasteiger partial charge on any atom is 0.260 e. The van der Waals surface area contributed by atoms with Crippen molar-refractivity contribution in [3.05, 3.63) is 35.8 Å². The van der Waals surface area contributed by atoms with Crippen molar-refractivity contribution in [2.24, 2.45) is 0 Å². The summed E-state index contributed by atoms with van der Waals surface area (Å²) in [5.74, 6) is 1.34. The fourth-order valence-corrected chi connectivity index (χ4v) is 3.41. The second-order valence-electron chi connectivity index (χ2n) is 6.93. The molecular formula is C19H23N5O3. The first-order chi connectivity index (χ1) is 13.1. The van der Waals surface area contributed by atoms with Crippen LogP contribution < -0.4 is 10.1 Å². The van der Waals surface area contributed by atoms with E-state index >= 15 is 0 Å². The molecule has 1 amide bonds. The molecule has 8 heteroatoms. The smallest absolute Gasteiger partial charge is 0.260 e. The number of aromatic nitrogens is 4. The molecule has 0 aliphatic carbocycles. The molecule has 1 aliphatic rings. The molecule has 0 saturated carbocycles. The van der Waals surface area contributed by atoms with Crippen molar-refractivity contribution in [3.8, 4) is 5.75 Å². The van der Waals surface area contributed by atoms with E-state index in [2.05, 4.69) is 38.9 Å². The molecule has 1 fully saturated rings. The molecule has 0 bridgehead atoms. The summed E-state index contributed by atoms with van der Waals surface area (Å²) >= 11 is 0. The minimum Gasteiger partial charge on any atom is -0.497 e. The van der Waals surface area contributed by atoms with Crippen LogP contribution in [-0.4, -0.2) is 39.4 Å². The maximum absolute atomic E-state index is 12.9. The zero-order valence-corrected chi connectivity index (χ0v) is 15.7. The topological polar surface area (TPSA) is 94.1 Å². The summed E-state index contributed by atoms with van der Waals surface area (Å²) in [5.41, 5.74) is 1.53. The molecule has 2 N–H and O–H groups in total. The van der Waals surface area contributed by atoms with Gasteiger partial charge in [0.15, 0.2) is 5.82 Å². The van der Waals surface area contributed by atoms with E-state index in [1.165, 1.54) is 0 Å². The Labute approximate surface area is 156 Å². The number of H-pyrrole nitrogens is 1. The molecule has 1 unspecified atom stereocenters. The second kappa shape index (κ2) is 7.03. The fourth-order valence-electron chi connectivity index (χ4n) is 3.41. The average Bonchev–Trinajstić information content (AvgIpc) is 3.39. The summed E-state index contributed by atoms with van der Waals surface area (Å²) in [7, 11) is 1.61. The van der Waals surface area contributed by atoms with Gasteiger partial charge in [-0.1, -0.05) is 0 Å². The van der Waals surface area contributed by atoms with E-state index in [9.17, 15) is 4.79 Å². The highest BCUT2D eigenvalue weighted by atomic mass is 16.5. The van der Waals surface area contributed by atoms with E-state index < -0.39 is 0 Å². The Kier molecular flexibility index (Phi) is 4.57. The number of hydrogen-bond donors (Lipinski definition) is 2. The molecule has 8 nitrogen and oxygen atoms in total. The summed E-state index contributed by atoms with van der Waals surface area (Å²) in [6, 6.07) is 5.95. The molecule has 27 heavy (non-hydrogen) atoms. The van der Waals surface area contributed by atoms with Gasteiger partial charge < -0.3 is 14.0 Å². The monoisotopic (exact) mass is 369 g/mol. The van der Waals surface area contributed by atoms with Crippen molar-refractivity contribution in [1.29, 1.82) is 0 Å². The number of aromatic amines is 1. The number of amides is 1. The number of methoxy groups -OCH3 is 1. The maximum atomic E-state index is 12.9. The Morgan fingerprint density at radius 1 is 1.44 bits per heavy atom. The molecule has 3 heterocycles. The summed E-state index contributed by atoms with van der Waals surface area (Å²) in [6.07, 6.45) is 3.70. The standard InChI is InChI=1S/C19H23N5O3/c1-11(2)24-10-14(13-9-12(26-3)6-7-15(13)24)18(25)21-19-20-17(22-23-19)16-5-4-8-27-16/h6-7,9-11,16H,4-5,8H2,1-3H3,(H2,20,21,22,23,25). The SMILES string of the molecule is COc1ccc2c(c1)c(C(=O)Nc1n[nH]c(C3CCCO3)n1)cn2C(C)C. The van der Waals surface area contributed by atoms with Crippen LogP contribution in [-0.2, 0) is 4.74 Å². The van der Waals surface area contributed by atoms with E-state index in [1.807, 2.05) is 24.4 Å². The van der Waals surface area contributed by atoms with Gasteiger partial charge in [-0.2, -0.15) is 4.98 Å².